The van der Waals surface area contributed by atoms with Crippen molar-refractivity contribution in [2.45, 2.75) is 58.7 Å². The third-order valence-electron chi connectivity index (χ3n) is 4.97. The Morgan fingerprint density at radius 3 is 2.79 bits per heavy atom. The van der Waals surface area contributed by atoms with E-state index in [2.05, 4.69) is 20.4 Å². The zero-order valence-electron chi connectivity index (χ0n) is 16.3. The van der Waals surface area contributed by atoms with Gasteiger partial charge in [-0.25, -0.2) is 19.2 Å². The first kappa shape index (κ1) is 20.9. The fourth-order valence-electron chi connectivity index (χ4n) is 3.49. The number of aryl methyl sites for hydroxylation is 2. The highest BCUT2D eigenvalue weighted by molar-refractivity contribution is 5.96. The molecule has 0 unspecified atom stereocenters. The van der Waals surface area contributed by atoms with E-state index in [4.69, 9.17) is 0 Å². The monoisotopic (exact) mass is 411 g/mol. The van der Waals surface area contributed by atoms with E-state index in [-0.39, 0.29) is 29.3 Å². The minimum Gasteiger partial charge on any atom is -0.305 e. The van der Waals surface area contributed by atoms with Gasteiger partial charge in [-0.05, 0) is 32.6 Å². The molecule has 2 aromatic heterocycles. The van der Waals surface area contributed by atoms with Gasteiger partial charge in [0.1, 0.15) is 11.4 Å². The fourth-order valence-corrected chi connectivity index (χ4v) is 3.49. The van der Waals surface area contributed by atoms with Crippen LogP contribution in [0.15, 0.2) is 11.2 Å². The number of carbonyl (C=O) groups is 1. The van der Waals surface area contributed by atoms with Gasteiger partial charge in [0.2, 0.25) is 0 Å². The van der Waals surface area contributed by atoms with Crippen molar-refractivity contribution >= 4 is 17.9 Å². The third-order valence-corrected chi connectivity index (χ3v) is 4.97. The summed E-state index contributed by atoms with van der Waals surface area (Å²) >= 11 is 0. The van der Waals surface area contributed by atoms with Crippen molar-refractivity contribution in [3.8, 4) is 0 Å². The molecule has 1 aliphatic carbocycles. The standard InChI is InChI=1S/C19H21F4N5O/c1-4-28-9-12(20)13(27-28)7-8-24-18(29)26-16-11(3)17(19(21,22)23)25-14-6-5-10(2)15(14)16/h8-10H,4-7H2,1-3H3,(H,25,26,29)/t10-/m1/s1. The molecule has 0 bridgehead atoms. The van der Waals surface area contributed by atoms with Gasteiger partial charge in [0.15, 0.2) is 5.82 Å². The van der Waals surface area contributed by atoms with Crippen molar-refractivity contribution in [3.05, 3.63) is 40.2 Å². The molecule has 156 valence electrons. The van der Waals surface area contributed by atoms with Crippen molar-refractivity contribution < 1.29 is 22.4 Å². The van der Waals surface area contributed by atoms with E-state index in [1.807, 2.05) is 13.8 Å². The second kappa shape index (κ2) is 7.92. The number of aliphatic imine (C=N–C) groups is 1. The quantitative estimate of drug-likeness (QED) is 0.588. The average molecular weight is 411 g/mol. The Hall–Kier alpha value is -2.78. The number of halogens is 4. The van der Waals surface area contributed by atoms with Crippen LogP contribution >= 0.6 is 0 Å². The van der Waals surface area contributed by atoms with Crippen LogP contribution in [0.5, 0.6) is 0 Å². The summed E-state index contributed by atoms with van der Waals surface area (Å²) < 4.78 is 55.2. The van der Waals surface area contributed by atoms with E-state index in [1.54, 1.807) is 0 Å². The lowest BCUT2D eigenvalue weighted by Gasteiger charge is -2.19. The van der Waals surface area contributed by atoms with Crippen LogP contribution in [0.4, 0.5) is 28.0 Å². The second-order valence-electron chi connectivity index (χ2n) is 6.98. The van der Waals surface area contributed by atoms with Crippen molar-refractivity contribution in [2.24, 2.45) is 4.99 Å². The van der Waals surface area contributed by atoms with Crippen LogP contribution in [0, 0.1) is 12.7 Å². The number of rotatable bonds is 4. The van der Waals surface area contributed by atoms with E-state index in [0.29, 0.717) is 30.6 Å². The lowest BCUT2D eigenvalue weighted by Crippen LogP contribution is -2.18. The smallest absolute Gasteiger partial charge is 0.305 e. The van der Waals surface area contributed by atoms with E-state index in [0.717, 1.165) is 0 Å². The minimum atomic E-state index is -4.62. The molecule has 0 fully saturated rings. The Balaban J connectivity index is 1.82. The number of alkyl halides is 3. The highest BCUT2D eigenvalue weighted by atomic mass is 19.4. The molecule has 29 heavy (non-hydrogen) atoms. The number of hydrogen-bond acceptors (Lipinski definition) is 3. The summed E-state index contributed by atoms with van der Waals surface area (Å²) in [4.78, 5) is 19.7. The molecule has 2 aromatic rings. The van der Waals surface area contributed by atoms with Gasteiger partial charge in [0.25, 0.3) is 0 Å². The average Bonchev–Trinajstić information content (AvgIpc) is 3.19. The van der Waals surface area contributed by atoms with Crippen LogP contribution in [-0.4, -0.2) is 27.0 Å². The van der Waals surface area contributed by atoms with Gasteiger partial charge in [-0.2, -0.15) is 18.3 Å². The summed E-state index contributed by atoms with van der Waals surface area (Å²) in [5.74, 6) is -0.532. The molecule has 6 nitrogen and oxygen atoms in total. The number of amides is 2. The summed E-state index contributed by atoms with van der Waals surface area (Å²) in [6, 6.07) is -0.830. The molecule has 0 aliphatic heterocycles. The fraction of sp³-hybridized carbons (Fsp3) is 0.474. The van der Waals surface area contributed by atoms with Crippen LogP contribution in [0.1, 0.15) is 54.4 Å². The van der Waals surface area contributed by atoms with Gasteiger partial charge in [-0.3, -0.25) is 4.68 Å². The number of pyridine rings is 1. The predicted molar refractivity (Wildman–Crippen MR) is 99.8 cm³/mol. The van der Waals surface area contributed by atoms with E-state index in [9.17, 15) is 22.4 Å². The molecular formula is C19H21F4N5O. The molecule has 1 atom stereocenters. The second-order valence-corrected chi connectivity index (χ2v) is 6.98. The number of nitrogens with zero attached hydrogens (tertiary/aromatic N) is 4. The van der Waals surface area contributed by atoms with Crippen LogP contribution < -0.4 is 5.32 Å². The van der Waals surface area contributed by atoms with E-state index < -0.39 is 23.7 Å². The molecule has 2 amide bonds. The normalized spacial score (nSPS) is 16.4. The van der Waals surface area contributed by atoms with Crippen LogP contribution in [0.2, 0.25) is 0 Å². The molecule has 0 saturated heterocycles. The van der Waals surface area contributed by atoms with Crippen LogP contribution in [0.25, 0.3) is 0 Å². The first-order valence-electron chi connectivity index (χ1n) is 9.27. The van der Waals surface area contributed by atoms with Gasteiger partial charge in [-0.15, -0.1) is 0 Å². The first-order chi connectivity index (χ1) is 13.6. The highest BCUT2D eigenvalue weighted by Crippen LogP contribution is 2.43. The molecule has 0 radical (unpaired) electrons. The van der Waals surface area contributed by atoms with Crippen molar-refractivity contribution in [2.75, 3.05) is 5.32 Å². The lowest BCUT2D eigenvalue weighted by atomic mass is 9.99. The molecule has 3 rings (SSSR count). The zero-order valence-corrected chi connectivity index (χ0v) is 16.3. The number of aromatic nitrogens is 3. The summed E-state index contributed by atoms with van der Waals surface area (Å²) in [6.07, 6.45) is -1.12. The Labute approximate surface area is 165 Å². The highest BCUT2D eigenvalue weighted by Gasteiger charge is 2.38. The van der Waals surface area contributed by atoms with Gasteiger partial charge >= 0.3 is 12.2 Å². The number of anilines is 1. The SMILES string of the molecule is CCn1cc(F)c(CC=NC(=O)Nc2c(C)c(C(F)(F)F)nc3c2[C@H](C)CC3)n1. The molecule has 0 saturated carbocycles. The molecule has 2 heterocycles. The minimum absolute atomic E-state index is 0.0100. The first-order valence-corrected chi connectivity index (χ1v) is 9.27. The van der Waals surface area contributed by atoms with E-state index >= 15 is 0 Å². The number of urea groups is 1. The Bertz CT molecular complexity index is 964. The van der Waals surface area contributed by atoms with Gasteiger partial charge in [0.05, 0.1) is 11.9 Å². The summed E-state index contributed by atoms with van der Waals surface area (Å²) in [6.45, 7) is 5.48. The lowest BCUT2D eigenvalue weighted by molar-refractivity contribution is -0.141. The predicted octanol–water partition coefficient (Wildman–Crippen LogP) is 4.66. The van der Waals surface area contributed by atoms with Gasteiger partial charge < -0.3 is 5.32 Å². The van der Waals surface area contributed by atoms with E-state index in [1.165, 1.54) is 24.0 Å². The number of nitrogens with one attached hydrogen (secondary N) is 1. The largest absolute Gasteiger partial charge is 0.433 e. The number of fused-ring (bicyclic) bond motifs is 1. The topological polar surface area (TPSA) is 72.2 Å². The zero-order chi connectivity index (χ0) is 21.3. The summed E-state index contributed by atoms with van der Waals surface area (Å²) in [5, 5.41) is 6.48. The van der Waals surface area contributed by atoms with Crippen molar-refractivity contribution in [1.82, 2.24) is 14.8 Å². The van der Waals surface area contributed by atoms with Gasteiger partial charge in [0, 0.05) is 36.0 Å². The Morgan fingerprint density at radius 2 is 2.17 bits per heavy atom. The summed E-state index contributed by atoms with van der Waals surface area (Å²) in [5.41, 5.74) is 0.0695. The van der Waals surface area contributed by atoms with Crippen LogP contribution in [-0.2, 0) is 25.6 Å². The maximum Gasteiger partial charge on any atom is 0.433 e. The number of hydrogen-bond donors (Lipinski definition) is 1. The molecule has 0 spiro atoms. The Morgan fingerprint density at radius 1 is 1.45 bits per heavy atom. The Kier molecular flexibility index (Phi) is 5.72. The maximum atomic E-state index is 13.7. The number of carbonyl (C=O) groups excluding carboxylic acids is 1. The molecule has 0 aromatic carbocycles. The maximum absolute atomic E-state index is 13.7. The summed E-state index contributed by atoms with van der Waals surface area (Å²) in [7, 11) is 0. The molecule has 1 N–H and O–H groups in total. The van der Waals surface area contributed by atoms with Crippen molar-refractivity contribution in [3.63, 3.8) is 0 Å². The van der Waals surface area contributed by atoms with Gasteiger partial charge in [-0.1, -0.05) is 6.92 Å². The van der Waals surface area contributed by atoms with Crippen LogP contribution in [0.3, 0.4) is 0 Å². The molecule has 1 aliphatic rings. The molecular weight excluding hydrogens is 390 g/mol. The molecule has 10 heteroatoms. The third kappa shape index (κ3) is 4.30. The van der Waals surface area contributed by atoms with Crippen molar-refractivity contribution in [1.29, 1.82) is 0 Å².